The molecule has 152 valence electrons. The molecule has 0 bridgehead atoms. The SMILES string of the molecule is CC[C@@H](C)N(CC(=O)Nc1nccs1)C(=O)c1cc(OC)c(OC)c(OC)c1. The van der Waals surface area contributed by atoms with E-state index in [2.05, 4.69) is 10.3 Å². The van der Waals surface area contributed by atoms with Crippen molar-refractivity contribution >= 4 is 28.3 Å². The first-order valence-corrected chi connectivity index (χ1v) is 9.63. The van der Waals surface area contributed by atoms with Gasteiger partial charge in [-0.05, 0) is 25.5 Å². The van der Waals surface area contributed by atoms with E-state index in [1.807, 2.05) is 13.8 Å². The number of thiazole rings is 1. The molecule has 0 saturated carbocycles. The topological polar surface area (TPSA) is 90.0 Å². The van der Waals surface area contributed by atoms with Crippen LogP contribution in [0, 0.1) is 0 Å². The van der Waals surface area contributed by atoms with Crippen LogP contribution in [0.4, 0.5) is 5.13 Å². The molecule has 0 spiro atoms. The maximum absolute atomic E-state index is 13.2. The first-order chi connectivity index (χ1) is 13.4. The van der Waals surface area contributed by atoms with E-state index in [1.54, 1.807) is 23.7 Å². The molecule has 9 heteroatoms. The van der Waals surface area contributed by atoms with E-state index in [4.69, 9.17) is 14.2 Å². The Labute approximate surface area is 168 Å². The minimum atomic E-state index is -0.309. The Morgan fingerprint density at radius 2 is 1.82 bits per heavy atom. The van der Waals surface area contributed by atoms with Gasteiger partial charge in [-0.2, -0.15) is 0 Å². The van der Waals surface area contributed by atoms with Crippen LogP contribution in [0.25, 0.3) is 0 Å². The van der Waals surface area contributed by atoms with Crippen molar-refractivity contribution in [3.05, 3.63) is 29.3 Å². The van der Waals surface area contributed by atoms with Gasteiger partial charge in [0.15, 0.2) is 16.6 Å². The maximum Gasteiger partial charge on any atom is 0.254 e. The third-order valence-electron chi connectivity index (χ3n) is 4.29. The van der Waals surface area contributed by atoms with Gasteiger partial charge in [0.25, 0.3) is 5.91 Å². The number of nitrogens with zero attached hydrogens (tertiary/aromatic N) is 2. The number of carbonyl (C=O) groups is 2. The summed E-state index contributed by atoms with van der Waals surface area (Å²) in [7, 11) is 4.47. The largest absolute Gasteiger partial charge is 0.493 e. The first-order valence-electron chi connectivity index (χ1n) is 8.75. The van der Waals surface area contributed by atoms with Crippen LogP contribution in [0.5, 0.6) is 17.2 Å². The summed E-state index contributed by atoms with van der Waals surface area (Å²) in [4.78, 5) is 31.2. The number of hydrogen-bond donors (Lipinski definition) is 1. The molecule has 0 aliphatic rings. The highest BCUT2D eigenvalue weighted by atomic mass is 32.1. The summed E-state index contributed by atoms with van der Waals surface area (Å²) in [6.45, 7) is 3.76. The zero-order valence-corrected chi connectivity index (χ0v) is 17.5. The number of benzene rings is 1. The molecule has 28 heavy (non-hydrogen) atoms. The van der Waals surface area contributed by atoms with E-state index < -0.39 is 0 Å². The van der Waals surface area contributed by atoms with Crippen LogP contribution in [0.2, 0.25) is 0 Å². The van der Waals surface area contributed by atoms with E-state index in [0.717, 1.165) is 0 Å². The van der Waals surface area contributed by atoms with E-state index in [1.165, 1.54) is 37.6 Å². The van der Waals surface area contributed by atoms with Crippen molar-refractivity contribution in [3.8, 4) is 17.2 Å². The lowest BCUT2D eigenvalue weighted by atomic mass is 10.1. The lowest BCUT2D eigenvalue weighted by Gasteiger charge is -2.28. The molecule has 0 fully saturated rings. The standard InChI is InChI=1S/C19H25N3O5S/c1-6-12(2)22(11-16(23)21-19-20-7-8-28-19)18(24)13-9-14(25-3)17(27-5)15(10-13)26-4/h7-10,12H,6,11H2,1-5H3,(H,20,21,23)/t12-/m1/s1. The van der Waals surface area contributed by atoms with Crippen LogP contribution < -0.4 is 19.5 Å². The summed E-state index contributed by atoms with van der Waals surface area (Å²) in [6, 6.07) is 3.02. The maximum atomic E-state index is 13.2. The van der Waals surface area contributed by atoms with Crippen molar-refractivity contribution in [2.24, 2.45) is 0 Å². The predicted molar refractivity (Wildman–Crippen MR) is 108 cm³/mol. The summed E-state index contributed by atoms with van der Waals surface area (Å²) < 4.78 is 16.0. The highest BCUT2D eigenvalue weighted by Crippen LogP contribution is 2.38. The van der Waals surface area contributed by atoms with Gasteiger partial charge in [0.05, 0.1) is 21.3 Å². The molecule has 1 N–H and O–H groups in total. The number of hydrogen-bond acceptors (Lipinski definition) is 7. The molecule has 1 heterocycles. The fourth-order valence-electron chi connectivity index (χ4n) is 2.62. The van der Waals surface area contributed by atoms with Crippen molar-refractivity contribution < 1.29 is 23.8 Å². The van der Waals surface area contributed by atoms with Crippen LogP contribution >= 0.6 is 11.3 Å². The summed E-state index contributed by atoms with van der Waals surface area (Å²) in [5.41, 5.74) is 0.344. The normalized spacial score (nSPS) is 11.5. The molecule has 0 radical (unpaired) electrons. The number of rotatable bonds is 9. The minimum absolute atomic E-state index is 0.0932. The monoisotopic (exact) mass is 407 g/mol. The smallest absolute Gasteiger partial charge is 0.254 e. The number of methoxy groups -OCH3 is 3. The van der Waals surface area contributed by atoms with E-state index in [0.29, 0.717) is 34.4 Å². The summed E-state index contributed by atoms with van der Waals surface area (Å²) in [6.07, 6.45) is 2.30. The molecule has 0 unspecified atom stereocenters. The van der Waals surface area contributed by atoms with Gasteiger partial charge < -0.3 is 24.4 Å². The van der Waals surface area contributed by atoms with Crippen LogP contribution in [-0.2, 0) is 4.79 Å². The zero-order valence-electron chi connectivity index (χ0n) is 16.6. The molecule has 1 aromatic carbocycles. The van der Waals surface area contributed by atoms with Crippen LogP contribution in [-0.4, -0.2) is 55.6 Å². The molecule has 2 rings (SSSR count). The van der Waals surface area contributed by atoms with Gasteiger partial charge in [-0.25, -0.2) is 4.98 Å². The molecule has 1 aromatic heterocycles. The molecule has 2 amide bonds. The molecular formula is C19H25N3O5S. The minimum Gasteiger partial charge on any atom is -0.493 e. The van der Waals surface area contributed by atoms with Gasteiger partial charge in [0, 0.05) is 23.2 Å². The number of nitrogens with one attached hydrogen (secondary N) is 1. The quantitative estimate of drug-likeness (QED) is 0.687. The third kappa shape index (κ3) is 4.92. The lowest BCUT2D eigenvalue weighted by Crippen LogP contribution is -2.43. The average molecular weight is 407 g/mol. The molecular weight excluding hydrogens is 382 g/mol. The number of carbonyl (C=O) groups excluding carboxylic acids is 2. The highest BCUT2D eigenvalue weighted by molar-refractivity contribution is 7.13. The lowest BCUT2D eigenvalue weighted by molar-refractivity contribution is -0.117. The number of amides is 2. The Morgan fingerprint density at radius 1 is 1.18 bits per heavy atom. The second-order valence-electron chi connectivity index (χ2n) is 5.99. The van der Waals surface area contributed by atoms with Gasteiger partial charge in [0.1, 0.15) is 6.54 Å². The summed E-state index contributed by atoms with van der Waals surface area (Å²) in [5, 5.41) is 4.97. The van der Waals surface area contributed by atoms with Crippen LogP contribution in [0.15, 0.2) is 23.7 Å². The van der Waals surface area contributed by atoms with Crippen LogP contribution in [0.3, 0.4) is 0 Å². The second kappa shape index (κ2) is 9.93. The third-order valence-corrected chi connectivity index (χ3v) is 4.98. The van der Waals surface area contributed by atoms with Crippen molar-refractivity contribution in [2.45, 2.75) is 26.3 Å². The number of anilines is 1. The Kier molecular flexibility index (Phi) is 7.62. The Morgan fingerprint density at radius 3 is 2.29 bits per heavy atom. The van der Waals surface area contributed by atoms with Gasteiger partial charge in [0.2, 0.25) is 11.7 Å². The summed E-state index contributed by atoms with van der Waals surface area (Å²) in [5.74, 6) is 0.542. The van der Waals surface area contributed by atoms with Crippen molar-refractivity contribution in [1.82, 2.24) is 9.88 Å². The second-order valence-corrected chi connectivity index (χ2v) is 6.88. The Hall–Kier alpha value is -2.81. The molecule has 0 aliphatic carbocycles. The zero-order chi connectivity index (χ0) is 20.7. The fraction of sp³-hybridized carbons (Fsp3) is 0.421. The molecule has 0 saturated heterocycles. The van der Waals surface area contributed by atoms with Crippen molar-refractivity contribution in [1.29, 1.82) is 0 Å². The van der Waals surface area contributed by atoms with E-state index in [-0.39, 0.29) is 24.4 Å². The van der Waals surface area contributed by atoms with Gasteiger partial charge in [-0.1, -0.05) is 6.92 Å². The highest BCUT2D eigenvalue weighted by Gasteiger charge is 2.26. The molecule has 1 atom stereocenters. The summed E-state index contributed by atoms with van der Waals surface area (Å²) >= 11 is 1.32. The van der Waals surface area contributed by atoms with Gasteiger partial charge in [-0.15, -0.1) is 11.3 Å². The molecule has 0 aliphatic heterocycles. The van der Waals surface area contributed by atoms with Crippen molar-refractivity contribution in [2.75, 3.05) is 33.2 Å². The van der Waals surface area contributed by atoms with Crippen molar-refractivity contribution in [3.63, 3.8) is 0 Å². The van der Waals surface area contributed by atoms with Gasteiger partial charge >= 0.3 is 0 Å². The average Bonchev–Trinajstić information content (AvgIpc) is 3.22. The fourth-order valence-corrected chi connectivity index (χ4v) is 3.16. The Bertz CT molecular complexity index is 785. The Balaban J connectivity index is 2.30. The van der Waals surface area contributed by atoms with E-state index >= 15 is 0 Å². The number of ether oxygens (including phenoxy) is 3. The molecule has 8 nitrogen and oxygen atoms in total. The predicted octanol–water partition coefficient (Wildman–Crippen LogP) is 3.05. The van der Waals surface area contributed by atoms with E-state index in [9.17, 15) is 9.59 Å². The first kappa shape index (κ1) is 21.5. The van der Waals surface area contributed by atoms with Crippen LogP contribution in [0.1, 0.15) is 30.6 Å². The molecule has 2 aromatic rings. The number of aromatic nitrogens is 1. The van der Waals surface area contributed by atoms with Gasteiger partial charge in [-0.3, -0.25) is 9.59 Å².